The smallest absolute Gasteiger partial charge is 0.222 e. The Labute approximate surface area is 120 Å². The van der Waals surface area contributed by atoms with Crippen LogP contribution in [0.1, 0.15) is 37.8 Å². The average molecular weight is 277 g/mol. The van der Waals surface area contributed by atoms with Crippen LogP contribution in [-0.4, -0.2) is 36.7 Å². The lowest BCUT2D eigenvalue weighted by atomic mass is 10.1. The fourth-order valence-electron chi connectivity index (χ4n) is 2.31. The monoisotopic (exact) mass is 277 g/mol. The van der Waals surface area contributed by atoms with Crippen molar-refractivity contribution in [1.82, 2.24) is 15.6 Å². The largest absolute Gasteiger partial charge is 0.378 e. The molecular formula is C15H23N3O2. The van der Waals surface area contributed by atoms with Gasteiger partial charge in [0.05, 0.1) is 18.8 Å². The van der Waals surface area contributed by atoms with Crippen LogP contribution in [0, 0.1) is 0 Å². The number of aromatic nitrogens is 1. The number of amides is 1. The van der Waals surface area contributed by atoms with Crippen LogP contribution >= 0.6 is 0 Å². The number of hydrogen-bond acceptors (Lipinski definition) is 4. The third kappa shape index (κ3) is 4.90. The van der Waals surface area contributed by atoms with E-state index < -0.39 is 0 Å². The summed E-state index contributed by atoms with van der Waals surface area (Å²) in [6.45, 7) is 4.47. The van der Waals surface area contributed by atoms with Gasteiger partial charge in [0, 0.05) is 18.8 Å². The van der Waals surface area contributed by atoms with Crippen LogP contribution in [0.4, 0.5) is 0 Å². The quantitative estimate of drug-likeness (QED) is 0.825. The molecule has 1 amide bonds. The lowest BCUT2D eigenvalue weighted by Crippen LogP contribution is -2.33. The lowest BCUT2D eigenvalue weighted by Gasteiger charge is -2.23. The van der Waals surface area contributed by atoms with Gasteiger partial charge in [-0.05, 0) is 44.5 Å². The van der Waals surface area contributed by atoms with E-state index in [4.69, 9.17) is 4.74 Å². The predicted molar refractivity (Wildman–Crippen MR) is 77.3 cm³/mol. The summed E-state index contributed by atoms with van der Waals surface area (Å²) in [6, 6.07) is 3.82. The van der Waals surface area contributed by atoms with Crippen LogP contribution in [0.15, 0.2) is 24.5 Å². The van der Waals surface area contributed by atoms with Gasteiger partial charge in [0.15, 0.2) is 0 Å². The highest BCUT2D eigenvalue weighted by atomic mass is 16.5. The van der Waals surface area contributed by atoms with E-state index in [1.807, 2.05) is 19.1 Å². The lowest BCUT2D eigenvalue weighted by molar-refractivity contribution is -0.123. The van der Waals surface area contributed by atoms with E-state index in [9.17, 15) is 4.79 Å². The fraction of sp³-hybridized carbons (Fsp3) is 0.600. The molecule has 2 heterocycles. The van der Waals surface area contributed by atoms with Crippen molar-refractivity contribution >= 4 is 5.91 Å². The zero-order valence-corrected chi connectivity index (χ0v) is 12.0. The minimum Gasteiger partial charge on any atom is -0.378 e. The normalized spacial score (nSPS) is 17.6. The molecule has 5 nitrogen and oxygen atoms in total. The van der Waals surface area contributed by atoms with Crippen molar-refractivity contribution in [3.63, 3.8) is 0 Å². The van der Waals surface area contributed by atoms with Gasteiger partial charge in [0.2, 0.25) is 5.91 Å². The fourth-order valence-corrected chi connectivity index (χ4v) is 2.31. The first-order valence-electron chi connectivity index (χ1n) is 7.27. The van der Waals surface area contributed by atoms with Gasteiger partial charge in [-0.25, -0.2) is 0 Å². The van der Waals surface area contributed by atoms with Crippen LogP contribution in [0.2, 0.25) is 0 Å². The summed E-state index contributed by atoms with van der Waals surface area (Å²) in [5, 5.41) is 6.26. The maximum Gasteiger partial charge on any atom is 0.222 e. The second-order valence-electron chi connectivity index (χ2n) is 5.15. The van der Waals surface area contributed by atoms with Crippen LogP contribution in [0.3, 0.4) is 0 Å². The van der Waals surface area contributed by atoms with Gasteiger partial charge >= 0.3 is 0 Å². The molecular weight excluding hydrogens is 254 g/mol. The van der Waals surface area contributed by atoms with Gasteiger partial charge in [0.1, 0.15) is 0 Å². The zero-order valence-electron chi connectivity index (χ0n) is 12.0. The maximum absolute atomic E-state index is 11.8. The van der Waals surface area contributed by atoms with Gasteiger partial charge in [-0.3, -0.25) is 9.78 Å². The number of nitrogens with one attached hydrogen (secondary N) is 2. The number of carbonyl (C=O) groups excluding carboxylic acids is 1. The molecule has 1 aliphatic rings. The number of hydrogen-bond donors (Lipinski definition) is 2. The highest BCUT2D eigenvalue weighted by Crippen LogP contribution is 2.10. The number of pyridine rings is 1. The average Bonchev–Trinajstić information content (AvgIpc) is 2.49. The van der Waals surface area contributed by atoms with E-state index in [2.05, 4.69) is 15.6 Å². The molecule has 110 valence electrons. The van der Waals surface area contributed by atoms with Crippen molar-refractivity contribution in [2.75, 3.05) is 19.7 Å². The Hall–Kier alpha value is -1.46. The van der Waals surface area contributed by atoms with Gasteiger partial charge in [-0.15, -0.1) is 0 Å². The van der Waals surface area contributed by atoms with Gasteiger partial charge in [-0.2, -0.15) is 0 Å². The third-order valence-electron chi connectivity index (χ3n) is 3.53. The number of carbonyl (C=O) groups is 1. The Morgan fingerprint density at radius 3 is 3.05 bits per heavy atom. The molecule has 1 fully saturated rings. The van der Waals surface area contributed by atoms with Crippen molar-refractivity contribution in [1.29, 1.82) is 0 Å². The summed E-state index contributed by atoms with van der Waals surface area (Å²) in [6.07, 6.45) is 6.29. The third-order valence-corrected chi connectivity index (χ3v) is 3.53. The second-order valence-corrected chi connectivity index (χ2v) is 5.15. The molecule has 1 saturated heterocycles. The zero-order chi connectivity index (χ0) is 14.2. The summed E-state index contributed by atoms with van der Waals surface area (Å²) in [5.74, 6) is 0.0234. The first kappa shape index (κ1) is 14.9. The number of rotatable bonds is 6. The number of nitrogens with zero attached hydrogens (tertiary/aromatic N) is 1. The minimum absolute atomic E-state index is 0.0184. The molecule has 2 rings (SSSR count). The van der Waals surface area contributed by atoms with Crippen LogP contribution in [0.25, 0.3) is 0 Å². The van der Waals surface area contributed by atoms with Crippen LogP contribution < -0.4 is 10.6 Å². The molecule has 0 aromatic carbocycles. The van der Waals surface area contributed by atoms with Crippen molar-refractivity contribution in [3.8, 4) is 0 Å². The molecule has 0 aliphatic carbocycles. The molecule has 5 heteroatoms. The highest BCUT2D eigenvalue weighted by Gasteiger charge is 2.14. The van der Waals surface area contributed by atoms with Crippen LogP contribution in [0.5, 0.6) is 0 Å². The van der Waals surface area contributed by atoms with Gasteiger partial charge < -0.3 is 15.4 Å². The molecule has 0 saturated carbocycles. The van der Waals surface area contributed by atoms with E-state index in [1.54, 1.807) is 12.4 Å². The Balaban J connectivity index is 1.65. The molecule has 1 aromatic rings. The number of piperidine rings is 1. The van der Waals surface area contributed by atoms with Crippen LogP contribution in [-0.2, 0) is 9.53 Å². The predicted octanol–water partition coefficient (Wildman–Crippen LogP) is 1.42. The second kappa shape index (κ2) is 7.97. The Kier molecular flexibility index (Phi) is 5.95. The van der Waals surface area contributed by atoms with E-state index >= 15 is 0 Å². The van der Waals surface area contributed by atoms with E-state index in [-0.39, 0.29) is 11.9 Å². The van der Waals surface area contributed by atoms with E-state index in [1.165, 1.54) is 0 Å². The molecule has 0 bridgehead atoms. The molecule has 0 radical (unpaired) electrons. The summed E-state index contributed by atoms with van der Waals surface area (Å²) in [4.78, 5) is 15.9. The molecule has 0 unspecified atom stereocenters. The molecule has 1 aromatic heterocycles. The van der Waals surface area contributed by atoms with Crippen molar-refractivity contribution < 1.29 is 9.53 Å². The van der Waals surface area contributed by atoms with Crippen molar-refractivity contribution in [3.05, 3.63) is 30.1 Å². The topological polar surface area (TPSA) is 63.2 Å². The summed E-state index contributed by atoms with van der Waals surface area (Å²) in [7, 11) is 0. The molecule has 20 heavy (non-hydrogen) atoms. The van der Waals surface area contributed by atoms with Gasteiger partial charge in [0.25, 0.3) is 0 Å². The highest BCUT2D eigenvalue weighted by molar-refractivity contribution is 5.76. The first-order chi connectivity index (χ1) is 9.75. The van der Waals surface area contributed by atoms with Crippen molar-refractivity contribution in [2.24, 2.45) is 0 Å². The SMILES string of the molecule is C[C@H](NC(=O)CCOC1CCNCC1)c1cccnc1. The standard InChI is InChI=1S/C15H23N3O2/c1-12(13-3-2-7-17-11-13)18-15(19)6-10-20-14-4-8-16-9-5-14/h2-3,7,11-12,14,16H,4-6,8-10H2,1H3,(H,18,19)/t12-/m0/s1. The molecule has 1 aliphatic heterocycles. The Bertz CT molecular complexity index is 405. The summed E-state index contributed by atoms with van der Waals surface area (Å²) in [5.41, 5.74) is 1.01. The van der Waals surface area contributed by atoms with Crippen molar-refractivity contribution in [2.45, 2.75) is 38.3 Å². The number of ether oxygens (including phenoxy) is 1. The first-order valence-corrected chi connectivity index (χ1v) is 7.27. The molecule has 1 atom stereocenters. The summed E-state index contributed by atoms with van der Waals surface area (Å²) < 4.78 is 5.73. The minimum atomic E-state index is -0.0184. The van der Waals surface area contributed by atoms with E-state index in [0.717, 1.165) is 31.5 Å². The Morgan fingerprint density at radius 1 is 1.55 bits per heavy atom. The van der Waals surface area contributed by atoms with Gasteiger partial charge in [-0.1, -0.05) is 6.07 Å². The maximum atomic E-state index is 11.8. The molecule has 0 spiro atoms. The molecule has 2 N–H and O–H groups in total. The Morgan fingerprint density at radius 2 is 2.35 bits per heavy atom. The summed E-state index contributed by atoms with van der Waals surface area (Å²) >= 11 is 0. The van der Waals surface area contributed by atoms with E-state index in [0.29, 0.717) is 19.1 Å².